The van der Waals surface area contributed by atoms with E-state index in [1.54, 1.807) is 12.1 Å². The van der Waals surface area contributed by atoms with Gasteiger partial charge in [-0.3, -0.25) is 4.79 Å². The minimum Gasteiger partial charge on any atom is -0.481 e. The van der Waals surface area contributed by atoms with Crippen molar-refractivity contribution in [2.24, 2.45) is 0 Å². The molecule has 5 nitrogen and oxygen atoms in total. The molecule has 26 heavy (non-hydrogen) atoms. The first-order chi connectivity index (χ1) is 12.5. The Kier molecular flexibility index (Phi) is 4.87. The van der Waals surface area contributed by atoms with E-state index < -0.39 is 11.8 Å². The first-order valence-corrected chi connectivity index (χ1v) is 10.2. The van der Waals surface area contributed by atoms with Gasteiger partial charge in [-0.05, 0) is 52.6 Å². The number of carboxylic acids is 1. The summed E-state index contributed by atoms with van der Waals surface area (Å²) in [5.41, 5.74) is 3.07. The second kappa shape index (κ2) is 7.15. The third-order valence-corrected chi connectivity index (χ3v) is 5.99. The quantitative estimate of drug-likeness (QED) is 0.319. The van der Waals surface area contributed by atoms with Crippen LogP contribution in [0.1, 0.15) is 30.0 Å². The third-order valence-electron chi connectivity index (χ3n) is 4.26. The molecule has 0 aliphatic heterocycles. The fourth-order valence-electron chi connectivity index (χ4n) is 2.87. The van der Waals surface area contributed by atoms with Crippen LogP contribution >= 0.6 is 34.4 Å². The molecule has 0 amide bonds. The van der Waals surface area contributed by atoms with Crippen LogP contribution in [0.15, 0.2) is 35.7 Å². The monoisotopic (exact) mass is 483 g/mol. The molecule has 3 aromatic rings. The minimum atomic E-state index is -1.04. The van der Waals surface area contributed by atoms with E-state index >= 15 is 0 Å². The summed E-state index contributed by atoms with van der Waals surface area (Å²) in [5, 5.41) is 9.53. The van der Waals surface area contributed by atoms with E-state index in [2.05, 4.69) is 43.3 Å². The van der Waals surface area contributed by atoms with Crippen molar-refractivity contribution in [3.63, 3.8) is 0 Å². The zero-order chi connectivity index (χ0) is 18.3. The molecule has 2 heterocycles. The van der Waals surface area contributed by atoms with Crippen LogP contribution in [0.5, 0.6) is 0 Å². The predicted molar refractivity (Wildman–Crippen MR) is 106 cm³/mol. The summed E-state index contributed by atoms with van der Waals surface area (Å²) in [6.45, 7) is 0. The molecule has 4 rings (SSSR count). The van der Waals surface area contributed by atoms with E-state index in [-0.39, 0.29) is 12.0 Å². The molecule has 0 spiro atoms. The van der Waals surface area contributed by atoms with Crippen LogP contribution in [0.4, 0.5) is 4.39 Å². The molecule has 1 aromatic carbocycles. The van der Waals surface area contributed by atoms with E-state index in [0.29, 0.717) is 17.0 Å². The molecule has 2 aromatic heterocycles. The first kappa shape index (κ1) is 17.7. The van der Waals surface area contributed by atoms with Crippen molar-refractivity contribution < 1.29 is 14.3 Å². The molecule has 0 atom stereocenters. The number of aromatic nitrogens is 3. The zero-order valence-electron chi connectivity index (χ0n) is 13.7. The number of fused-ring (bicyclic) bond motifs is 1. The van der Waals surface area contributed by atoms with Gasteiger partial charge in [0.05, 0.1) is 21.7 Å². The Hall–Kier alpha value is -1.68. The van der Waals surface area contributed by atoms with Crippen LogP contribution in [0.25, 0.3) is 11.0 Å². The highest BCUT2D eigenvalue weighted by molar-refractivity contribution is 14.1. The molecule has 0 unspecified atom stereocenters. The summed E-state index contributed by atoms with van der Waals surface area (Å²) in [5.74, 6) is -0.981. The largest absolute Gasteiger partial charge is 0.481 e. The van der Waals surface area contributed by atoms with Crippen LogP contribution in [0.2, 0.25) is 0 Å². The molecule has 0 bridgehead atoms. The lowest BCUT2D eigenvalue weighted by Crippen LogP contribution is -2.03. The fourth-order valence-corrected chi connectivity index (χ4v) is 4.32. The van der Waals surface area contributed by atoms with Gasteiger partial charge in [-0.1, -0.05) is 23.9 Å². The highest BCUT2D eigenvalue weighted by Gasteiger charge is 2.26. The third kappa shape index (κ3) is 3.71. The van der Waals surface area contributed by atoms with Crippen molar-refractivity contribution in [3.8, 4) is 0 Å². The number of hydrogen-bond donors (Lipinski definition) is 1. The number of halogens is 2. The predicted octanol–water partition coefficient (Wildman–Crippen LogP) is 4.43. The van der Waals surface area contributed by atoms with Crippen molar-refractivity contribution in [1.29, 1.82) is 0 Å². The van der Waals surface area contributed by atoms with Crippen LogP contribution in [-0.2, 0) is 17.0 Å². The molecule has 134 valence electrons. The molecule has 1 fully saturated rings. The van der Waals surface area contributed by atoms with Gasteiger partial charge in [0.25, 0.3) is 0 Å². The van der Waals surface area contributed by atoms with E-state index in [1.165, 1.54) is 30.7 Å². The van der Waals surface area contributed by atoms with Gasteiger partial charge in [0.15, 0.2) is 5.16 Å². The molecule has 1 N–H and O–H groups in total. The second-order valence-corrected chi connectivity index (χ2v) is 8.39. The Bertz CT molecular complexity index is 1000. The summed E-state index contributed by atoms with van der Waals surface area (Å²) in [6.07, 6.45) is 6.09. The van der Waals surface area contributed by atoms with E-state index in [0.717, 1.165) is 20.2 Å². The first-order valence-electron chi connectivity index (χ1n) is 8.16. The fraction of sp³-hybridized carbons (Fsp3) is 0.278. The molecular weight excluding hydrogens is 468 g/mol. The summed E-state index contributed by atoms with van der Waals surface area (Å²) in [6, 6.07) is 5.16. The number of nitrogens with zero attached hydrogens (tertiary/aromatic N) is 3. The number of rotatable bonds is 6. The number of hydrogen-bond acceptors (Lipinski definition) is 4. The number of carbonyl (C=O) groups is 1. The average molecular weight is 483 g/mol. The van der Waals surface area contributed by atoms with Crippen LogP contribution < -0.4 is 0 Å². The van der Waals surface area contributed by atoms with Gasteiger partial charge < -0.3 is 9.67 Å². The topological polar surface area (TPSA) is 68.0 Å². The van der Waals surface area contributed by atoms with Crippen molar-refractivity contribution in [1.82, 2.24) is 14.5 Å². The highest BCUT2D eigenvalue weighted by atomic mass is 127. The summed E-state index contributed by atoms with van der Waals surface area (Å²) in [7, 11) is 0. The summed E-state index contributed by atoms with van der Waals surface area (Å²) < 4.78 is 17.1. The minimum absolute atomic E-state index is 0.197. The molecule has 0 radical (unpaired) electrons. The number of thioether (sulfide) groups is 1. The van der Waals surface area contributed by atoms with Crippen LogP contribution in [-0.4, -0.2) is 25.6 Å². The molecule has 0 saturated heterocycles. The number of carboxylic acid groups (broad SMARTS) is 1. The standard InChI is InChI=1S/C18H15FIN3O2S/c19-13-4-1-10(5-11(13)6-16(24)25)9-26-18-21-7-15-17(22-18)14(20)8-23(15)12-2-3-12/h1,4-5,7-8,12H,2-3,6,9H2,(H,24,25). The lowest BCUT2D eigenvalue weighted by Gasteiger charge is -2.06. The van der Waals surface area contributed by atoms with Crippen LogP contribution in [0, 0.1) is 9.39 Å². The van der Waals surface area contributed by atoms with E-state index in [1.807, 2.05) is 6.20 Å². The maximum atomic E-state index is 13.7. The van der Waals surface area contributed by atoms with Gasteiger partial charge in [-0.15, -0.1) is 0 Å². The van der Waals surface area contributed by atoms with E-state index in [4.69, 9.17) is 5.11 Å². The summed E-state index contributed by atoms with van der Waals surface area (Å²) in [4.78, 5) is 19.9. The molecule has 1 aliphatic carbocycles. The Balaban J connectivity index is 1.53. The van der Waals surface area contributed by atoms with Crippen molar-refractivity contribution in [2.75, 3.05) is 0 Å². The van der Waals surface area contributed by atoms with Gasteiger partial charge in [0.2, 0.25) is 0 Å². The maximum absolute atomic E-state index is 13.7. The van der Waals surface area contributed by atoms with Gasteiger partial charge >= 0.3 is 5.97 Å². The van der Waals surface area contributed by atoms with Gasteiger partial charge in [0, 0.05) is 18.0 Å². The average Bonchev–Trinajstić information content (AvgIpc) is 3.40. The highest BCUT2D eigenvalue weighted by Crippen LogP contribution is 2.39. The van der Waals surface area contributed by atoms with Crippen molar-refractivity contribution in [2.45, 2.75) is 36.2 Å². The zero-order valence-corrected chi connectivity index (χ0v) is 16.6. The van der Waals surface area contributed by atoms with Crippen molar-refractivity contribution in [3.05, 3.63) is 51.1 Å². The maximum Gasteiger partial charge on any atom is 0.307 e. The Morgan fingerprint density at radius 2 is 2.23 bits per heavy atom. The molecule has 1 aliphatic rings. The Morgan fingerprint density at radius 3 is 2.96 bits per heavy atom. The van der Waals surface area contributed by atoms with E-state index in [9.17, 15) is 9.18 Å². The molecule has 1 saturated carbocycles. The number of aliphatic carboxylic acids is 1. The lowest BCUT2D eigenvalue weighted by atomic mass is 10.1. The second-order valence-electron chi connectivity index (χ2n) is 6.29. The Labute approximate surface area is 167 Å². The normalized spacial score (nSPS) is 14.1. The van der Waals surface area contributed by atoms with Gasteiger partial charge in [-0.2, -0.15) is 0 Å². The van der Waals surface area contributed by atoms with Gasteiger partial charge in [0.1, 0.15) is 11.3 Å². The molecular formula is C18H15FIN3O2S. The van der Waals surface area contributed by atoms with Crippen LogP contribution in [0.3, 0.4) is 0 Å². The Morgan fingerprint density at radius 1 is 1.42 bits per heavy atom. The SMILES string of the molecule is O=C(O)Cc1cc(CSc2ncc3c(n2)c(I)cn3C2CC2)ccc1F. The smallest absolute Gasteiger partial charge is 0.307 e. The van der Waals surface area contributed by atoms with Gasteiger partial charge in [-0.25, -0.2) is 14.4 Å². The van der Waals surface area contributed by atoms with Crippen molar-refractivity contribution >= 4 is 51.4 Å². The summed E-state index contributed by atoms with van der Waals surface area (Å²) >= 11 is 3.76. The number of benzene rings is 1. The lowest BCUT2D eigenvalue weighted by molar-refractivity contribution is -0.136. The molecule has 8 heteroatoms.